The summed E-state index contributed by atoms with van der Waals surface area (Å²) in [5, 5.41) is 0. The number of carbonyl (C=O) groups excluding carboxylic acids is 2. The topological polar surface area (TPSA) is 59.5 Å². The molecule has 110 valence electrons. The van der Waals surface area contributed by atoms with Crippen LogP contribution in [0.15, 0.2) is 24.5 Å². The number of ether oxygens (including phenoxy) is 1. The van der Waals surface area contributed by atoms with Crippen LogP contribution < -0.4 is 0 Å². The average molecular weight is 278 g/mol. The molecule has 1 heterocycles. The Kier molecular flexibility index (Phi) is 7.32. The van der Waals surface area contributed by atoms with Crippen LogP contribution in [0, 0.1) is 0 Å². The first-order valence-corrected chi connectivity index (χ1v) is 6.99. The summed E-state index contributed by atoms with van der Waals surface area (Å²) in [6, 6.07) is 3.74. The third-order valence-electron chi connectivity index (χ3n) is 2.83. The molecule has 20 heavy (non-hydrogen) atoms. The van der Waals surface area contributed by atoms with Crippen LogP contribution in [0.5, 0.6) is 0 Å². The molecule has 5 nitrogen and oxygen atoms in total. The number of hydrogen-bond acceptors (Lipinski definition) is 4. The van der Waals surface area contributed by atoms with E-state index in [1.807, 2.05) is 19.1 Å². The van der Waals surface area contributed by atoms with Gasteiger partial charge in [-0.1, -0.05) is 6.92 Å². The Hall–Kier alpha value is -1.91. The van der Waals surface area contributed by atoms with Crippen LogP contribution in [0.4, 0.5) is 0 Å². The molecule has 5 heteroatoms. The average Bonchev–Trinajstić information content (AvgIpc) is 2.45. The molecule has 0 saturated heterocycles. The molecule has 1 rings (SSSR count). The summed E-state index contributed by atoms with van der Waals surface area (Å²) in [4.78, 5) is 29.1. The van der Waals surface area contributed by atoms with Crippen molar-refractivity contribution in [2.24, 2.45) is 0 Å². The van der Waals surface area contributed by atoms with E-state index in [1.54, 1.807) is 24.2 Å². The zero-order chi connectivity index (χ0) is 14.8. The highest BCUT2D eigenvalue weighted by Gasteiger charge is 2.15. The number of rotatable bonds is 8. The third kappa shape index (κ3) is 5.82. The van der Waals surface area contributed by atoms with Crippen LogP contribution in [0.25, 0.3) is 0 Å². The van der Waals surface area contributed by atoms with Gasteiger partial charge in [-0.05, 0) is 31.0 Å². The molecule has 0 unspecified atom stereocenters. The van der Waals surface area contributed by atoms with Gasteiger partial charge in [0.1, 0.15) is 0 Å². The molecule has 0 aliphatic rings. The lowest BCUT2D eigenvalue weighted by molar-refractivity contribution is -0.144. The second-order valence-corrected chi connectivity index (χ2v) is 4.48. The van der Waals surface area contributed by atoms with Crippen LogP contribution in [0.1, 0.15) is 38.7 Å². The molecule has 0 aliphatic heterocycles. The lowest BCUT2D eigenvalue weighted by Gasteiger charge is -2.22. The van der Waals surface area contributed by atoms with Crippen molar-refractivity contribution in [3.05, 3.63) is 30.1 Å². The van der Waals surface area contributed by atoms with Crippen molar-refractivity contribution in [2.45, 2.75) is 39.7 Å². The van der Waals surface area contributed by atoms with Gasteiger partial charge >= 0.3 is 5.97 Å². The highest BCUT2D eigenvalue weighted by atomic mass is 16.5. The molecule has 0 saturated carbocycles. The van der Waals surface area contributed by atoms with Gasteiger partial charge in [0.05, 0.1) is 13.0 Å². The molecule has 0 aliphatic carbocycles. The van der Waals surface area contributed by atoms with Gasteiger partial charge in [0, 0.05) is 31.9 Å². The SMILES string of the molecule is CCCC(=O)N(CCC(=O)OCC)Cc1ccncc1. The molecule has 0 radical (unpaired) electrons. The van der Waals surface area contributed by atoms with E-state index in [0.29, 0.717) is 26.1 Å². The maximum absolute atomic E-state index is 12.1. The summed E-state index contributed by atoms with van der Waals surface area (Å²) >= 11 is 0. The fraction of sp³-hybridized carbons (Fsp3) is 0.533. The molecular weight excluding hydrogens is 256 g/mol. The second-order valence-electron chi connectivity index (χ2n) is 4.48. The van der Waals surface area contributed by atoms with Crippen molar-refractivity contribution in [1.82, 2.24) is 9.88 Å². The summed E-state index contributed by atoms with van der Waals surface area (Å²) in [6.45, 7) is 5.00. The van der Waals surface area contributed by atoms with Crippen molar-refractivity contribution < 1.29 is 14.3 Å². The Morgan fingerprint density at radius 3 is 2.50 bits per heavy atom. The quantitative estimate of drug-likeness (QED) is 0.684. The minimum Gasteiger partial charge on any atom is -0.466 e. The van der Waals surface area contributed by atoms with Crippen LogP contribution in [0.2, 0.25) is 0 Å². The number of esters is 1. The lowest BCUT2D eigenvalue weighted by atomic mass is 10.2. The minimum absolute atomic E-state index is 0.0635. The van der Waals surface area contributed by atoms with Crippen LogP contribution in [0.3, 0.4) is 0 Å². The fourth-order valence-corrected chi connectivity index (χ4v) is 1.83. The molecule has 1 aromatic heterocycles. The number of nitrogens with zero attached hydrogens (tertiary/aromatic N) is 2. The number of pyridine rings is 1. The molecule has 1 amide bonds. The summed E-state index contributed by atoms with van der Waals surface area (Å²) < 4.78 is 4.90. The van der Waals surface area contributed by atoms with Crippen molar-refractivity contribution in [3.8, 4) is 0 Å². The molecule has 1 aromatic rings. The zero-order valence-electron chi connectivity index (χ0n) is 12.2. The standard InChI is InChI=1S/C15H22N2O3/c1-3-5-14(18)17(11-8-15(19)20-4-2)12-13-6-9-16-10-7-13/h6-7,9-10H,3-5,8,11-12H2,1-2H3. The van der Waals surface area contributed by atoms with E-state index < -0.39 is 0 Å². The predicted octanol–water partition coefficient (Wildman–Crippen LogP) is 2.16. The van der Waals surface area contributed by atoms with E-state index in [2.05, 4.69) is 4.98 Å². The molecule has 0 atom stereocenters. The van der Waals surface area contributed by atoms with Crippen LogP contribution in [-0.2, 0) is 20.9 Å². The number of carbonyl (C=O) groups is 2. The Morgan fingerprint density at radius 1 is 1.20 bits per heavy atom. The fourth-order valence-electron chi connectivity index (χ4n) is 1.83. The minimum atomic E-state index is -0.267. The van der Waals surface area contributed by atoms with Crippen LogP contribution >= 0.6 is 0 Å². The second kappa shape index (κ2) is 9.07. The Balaban J connectivity index is 2.60. The predicted molar refractivity (Wildman–Crippen MR) is 75.8 cm³/mol. The highest BCUT2D eigenvalue weighted by molar-refractivity contribution is 5.77. The van der Waals surface area contributed by atoms with Gasteiger partial charge in [0.15, 0.2) is 0 Å². The van der Waals surface area contributed by atoms with Gasteiger partial charge in [-0.15, -0.1) is 0 Å². The van der Waals surface area contributed by atoms with Gasteiger partial charge in [-0.2, -0.15) is 0 Å². The first-order valence-electron chi connectivity index (χ1n) is 6.99. The number of hydrogen-bond donors (Lipinski definition) is 0. The molecule has 0 bridgehead atoms. The van der Waals surface area contributed by atoms with E-state index in [1.165, 1.54) is 0 Å². The van der Waals surface area contributed by atoms with Crippen molar-refractivity contribution in [3.63, 3.8) is 0 Å². The number of amides is 1. The van der Waals surface area contributed by atoms with Crippen LogP contribution in [-0.4, -0.2) is 34.9 Å². The maximum atomic E-state index is 12.1. The van der Waals surface area contributed by atoms with Gasteiger partial charge in [-0.3, -0.25) is 14.6 Å². The van der Waals surface area contributed by atoms with Gasteiger partial charge in [0.25, 0.3) is 0 Å². The van der Waals surface area contributed by atoms with Gasteiger partial charge in [-0.25, -0.2) is 0 Å². The zero-order valence-corrected chi connectivity index (χ0v) is 12.2. The van der Waals surface area contributed by atoms with E-state index in [-0.39, 0.29) is 18.3 Å². The van der Waals surface area contributed by atoms with E-state index >= 15 is 0 Å². The summed E-state index contributed by atoms with van der Waals surface area (Å²) in [6.07, 6.45) is 4.92. The highest BCUT2D eigenvalue weighted by Crippen LogP contribution is 2.07. The first-order chi connectivity index (χ1) is 9.67. The normalized spacial score (nSPS) is 10.1. The largest absolute Gasteiger partial charge is 0.466 e. The monoisotopic (exact) mass is 278 g/mol. The summed E-state index contributed by atoms with van der Waals surface area (Å²) in [7, 11) is 0. The van der Waals surface area contributed by atoms with Crippen molar-refractivity contribution in [2.75, 3.05) is 13.2 Å². The van der Waals surface area contributed by atoms with Gasteiger partial charge < -0.3 is 9.64 Å². The van der Waals surface area contributed by atoms with E-state index in [0.717, 1.165) is 12.0 Å². The smallest absolute Gasteiger partial charge is 0.307 e. The van der Waals surface area contributed by atoms with E-state index in [4.69, 9.17) is 4.74 Å². The third-order valence-corrected chi connectivity index (χ3v) is 2.83. The number of aromatic nitrogens is 1. The molecule has 0 fully saturated rings. The van der Waals surface area contributed by atoms with Gasteiger partial charge in [0.2, 0.25) is 5.91 Å². The Labute approximate surface area is 119 Å². The Bertz CT molecular complexity index is 420. The lowest BCUT2D eigenvalue weighted by Crippen LogP contribution is -2.32. The Morgan fingerprint density at radius 2 is 1.90 bits per heavy atom. The molecule has 0 spiro atoms. The molecule has 0 N–H and O–H groups in total. The molecule has 0 aromatic carbocycles. The van der Waals surface area contributed by atoms with E-state index in [9.17, 15) is 9.59 Å². The maximum Gasteiger partial charge on any atom is 0.307 e. The summed E-state index contributed by atoms with van der Waals surface area (Å²) in [5.41, 5.74) is 1.01. The first kappa shape index (κ1) is 16.1. The molecular formula is C15H22N2O3. The van der Waals surface area contributed by atoms with Crippen molar-refractivity contribution in [1.29, 1.82) is 0 Å². The van der Waals surface area contributed by atoms with Crippen molar-refractivity contribution >= 4 is 11.9 Å². The summed E-state index contributed by atoms with van der Waals surface area (Å²) in [5.74, 6) is -0.204.